The molecule has 1 aromatic heterocycles. The molecule has 23 heavy (non-hydrogen) atoms. The van der Waals surface area contributed by atoms with Crippen LogP contribution in [0.1, 0.15) is 22.9 Å². The minimum atomic E-state index is -0.204. The van der Waals surface area contributed by atoms with E-state index in [2.05, 4.69) is 15.6 Å². The zero-order valence-electron chi connectivity index (χ0n) is 12.9. The third kappa shape index (κ3) is 4.76. The predicted molar refractivity (Wildman–Crippen MR) is 92.3 cm³/mol. The van der Waals surface area contributed by atoms with E-state index in [9.17, 15) is 4.79 Å². The number of nitrogens with one attached hydrogen (secondary N) is 2. The molecule has 1 aromatic carbocycles. The van der Waals surface area contributed by atoms with E-state index in [4.69, 9.17) is 16.9 Å². The predicted octanol–water partition coefficient (Wildman–Crippen LogP) is 3.06. The van der Waals surface area contributed by atoms with Gasteiger partial charge < -0.3 is 5.32 Å². The molecule has 2 rings (SSSR count). The number of thiazole rings is 1. The Hall–Kier alpha value is -1.94. The topological polar surface area (TPSA) is 77.8 Å². The van der Waals surface area contributed by atoms with Crippen molar-refractivity contribution in [2.75, 3.05) is 13.1 Å². The van der Waals surface area contributed by atoms with Crippen molar-refractivity contribution in [3.05, 3.63) is 39.2 Å². The zero-order valence-corrected chi connectivity index (χ0v) is 14.5. The van der Waals surface area contributed by atoms with E-state index in [-0.39, 0.29) is 25.0 Å². The molecule has 2 N–H and O–H groups in total. The van der Waals surface area contributed by atoms with Crippen LogP contribution < -0.4 is 10.6 Å². The zero-order chi connectivity index (χ0) is 16.8. The Kier molecular flexibility index (Phi) is 6.11. The van der Waals surface area contributed by atoms with E-state index >= 15 is 0 Å². The molecule has 0 unspecified atom stereocenters. The molecule has 5 nitrogen and oxygen atoms in total. The fourth-order valence-electron chi connectivity index (χ4n) is 2.01. The number of hydrogen-bond donors (Lipinski definition) is 2. The van der Waals surface area contributed by atoms with Gasteiger partial charge in [-0.1, -0.05) is 23.7 Å². The summed E-state index contributed by atoms with van der Waals surface area (Å²) < 4.78 is 0. The fourth-order valence-corrected chi connectivity index (χ4v) is 3.11. The molecule has 0 aliphatic carbocycles. The molecule has 0 spiro atoms. The van der Waals surface area contributed by atoms with Crippen LogP contribution in [-0.4, -0.2) is 24.0 Å². The fraction of sp³-hybridized carbons (Fsp3) is 0.312. The number of carbonyl (C=O) groups is 1. The molecule has 1 amide bonds. The van der Waals surface area contributed by atoms with E-state index in [0.717, 1.165) is 21.1 Å². The van der Waals surface area contributed by atoms with Crippen molar-refractivity contribution in [1.29, 1.82) is 5.26 Å². The van der Waals surface area contributed by atoms with Crippen LogP contribution in [0, 0.1) is 18.3 Å². The van der Waals surface area contributed by atoms with Crippen LogP contribution in [0.25, 0.3) is 11.3 Å². The number of nitrogens with zero attached hydrogens (tertiary/aromatic N) is 2. The van der Waals surface area contributed by atoms with Gasteiger partial charge in [-0.25, -0.2) is 4.98 Å². The van der Waals surface area contributed by atoms with Gasteiger partial charge >= 0.3 is 0 Å². The molecular formula is C16H17ClN4OS. The van der Waals surface area contributed by atoms with Gasteiger partial charge in [0, 0.05) is 15.5 Å². The van der Waals surface area contributed by atoms with Gasteiger partial charge in [0.25, 0.3) is 0 Å². The SMILES string of the molecule is Cc1sc([C@@H](C)NCC(=O)NCC#N)nc1-c1ccc(Cl)cc1. The second kappa shape index (κ2) is 8.06. The number of rotatable bonds is 6. The van der Waals surface area contributed by atoms with Crippen LogP contribution in [0.5, 0.6) is 0 Å². The third-order valence-corrected chi connectivity index (χ3v) is 4.64. The number of aromatic nitrogens is 1. The maximum absolute atomic E-state index is 11.5. The van der Waals surface area contributed by atoms with Gasteiger partial charge in [0.1, 0.15) is 11.6 Å². The summed E-state index contributed by atoms with van der Waals surface area (Å²) in [4.78, 5) is 17.3. The first-order chi connectivity index (χ1) is 11.0. The van der Waals surface area contributed by atoms with E-state index in [0.29, 0.717) is 5.02 Å². The summed E-state index contributed by atoms with van der Waals surface area (Å²) in [5, 5.41) is 15.6. The lowest BCUT2D eigenvalue weighted by Gasteiger charge is -2.10. The highest BCUT2D eigenvalue weighted by molar-refractivity contribution is 7.12. The van der Waals surface area contributed by atoms with Crippen molar-refractivity contribution in [2.45, 2.75) is 19.9 Å². The normalized spacial score (nSPS) is 11.7. The lowest BCUT2D eigenvalue weighted by molar-refractivity contribution is -0.120. The van der Waals surface area contributed by atoms with E-state index < -0.39 is 0 Å². The minimum Gasteiger partial charge on any atom is -0.342 e. The molecule has 0 bridgehead atoms. The highest BCUT2D eigenvalue weighted by Crippen LogP contribution is 2.30. The Balaban J connectivity index is 2.04. The second-order valence-electron chi connectivity index (χ2n) is 5.00. The van der Waals surface area contributed by atoms with Crippen LogP contribution in [0.15, 0.2) is 24.3 Å². The highest BCUT2D eigenvalue weighted by Gasteiger charge is 2.15. The first kappa shape index (κ1) is 17.4. The molecule has 0 saturated heterocycles. The molecule has 0 aliphatic heterocycles. The van der Waals surface area contributed by atoms with Crippen molar-refractivity contribution in [1.82, 2.24) is 15.6 Å². The average Bonchev–Trinajstić information content (AvgIpc) is 2.93. The highest BCUT2D eigenvalue weighted by atomic mass is 35.5. The largest absolute Gasteiger partial charge is 0.342 e. The molecule has 1 atom stereocenters. The lowest BCUT2D eigenvalue weighted by Crippen LogP contribution is -2.35. The maximum Gasteiger partial charge on any atom is 0.234 e. The summed E-state index contributed by atoms with van der Waals surface area (Å²) in [5.41, 5.74) is 1.96. The summed E-state index contributed by atoms with van der Waals surface area (Å²) in [6.07, 6.45) is 0. The standard InChI is InChI=1S/C16H17ClN4OS/c1-10(20-9-14(22)19-8-7-18)16-21-15(11(2)23-16)12-3-5-13(17)6-4-12/h3-6,10,20H,8-9H2,1-2H3,(H,19,22)/t10-/m1/s1. The minimum absolute atomic E-state index is 0.0198. The van der Waals surface area contributed by atoms with Crippen molar-refractivity contribution in [3.8, 4) is 17.3 Å². The number of halogens is 1. The number of nitriles is 1. The van der Waals surface area contributed by atoms with E-state index in [1.54, 1.807) is 11.3 Å². The summed E-state index contributed by atoms with van der Waals surface area (Å²) in [7, 11) is 0. The number of amides is 1. The quantitative estimate of drug-likeness (QED) is 0.786. The molecule has 120 valence electrons. The molecular weight excluding hydrogens is 332 g/mol. The molecule has 0 fully saturated rings. The molecule has 7 heteroatoms. The van der Waals surface area contributed by atoms with Crippen LogP contribution in [-0.2, 0) is 4.79 Å². The van der Waals surface area contributed by atoms with Crippen molar-refractivity contribution in [2.24, 2.45) is 0 Å². The summed E-state index contributed by atoms with van der Waals surface area (Å²) >= 11 is 7.52. The Morgan fingerprint density at radius 1 is 1.43 bits per heavy atom. The summed E-state index contributed by atoms with van der Waals surface area (Å²) in [5.74, 6) is -0.204. The third-order valence-electron chi connectivity index (χ3n) is 3.23. The van der Waals surface area contributed by atoms with E-state index in [1.807, 2.05) is 44.2 Å². The second-order valence-corrected chi connectivity index (χ2v) is 6.67. The smallest absolute Gasteiger partial charge is 0.234 e. The molecule has 2 aromatic rings. The van der Waals surface area contributed by atoms with Crippen molar-refractivity contribution in [3.63, 3.8) is 0 Å². The van der Waals surface area contributed by atoms with Gasteiger partial charge in [0.2, 0.25) is 5.91 Å². The number of aryl methyl sites for hydroxylation is 1. The van der Waals surface area contributed by atoms with Gasteiger partial charge in [0.15, 0.2) is 0 Å². The van der Waals surface area contributed by atoms with Gasteiger partial charge in [0.05, 0.1) is 24.3 Å². The number of carbonyl (C=O) groups excluding carboxylic acids is 1. The monoisotopic (exact) mass is 348 g/mol. The molecule has 0 saturated carbocycles. The van der Waals surface area contributed by atoms with Crippen LogP contribution in [0.4, 0.5) is 0 Å². The molecule has 1 heterocycles. The maximum atomic E-state index is 11.5. The lowest BCUT2D eigenvalue weighted by atomic mass is 10.1. The molecule has 0 radical (unpaired) electrons. The van der Waals surface area contributed by atoms with E-state index in [1.165, 1.54) is 0 Å². The van der Waals surface area contributed by atoms with Crippen molar-refractivity contribution >= 4 is 28.8 Å². The number of hydrogen-bond acceptors (Lipinski definition) is 5. The first-order valence-corrected chi connectivity index (χ1v) is 8.31. The summed E-state index contributed by atoms with van der Waals surface area (Å²) in [6.45, 7) is 4.16. The first-order valence-electron chi connectivity index (χ1n) is 7.11. The Morgan fingerprint density at radius 2 is 2.13 bits per heavy atom. The molecule has 0 aliphatic rings. The van der Waals surface area contributed by atoms with Gasteiger partial charge in [-0.2, -0.15) is 5.26 Å². The van der Waals surface area contributed by atoms with Gasteiger partial charge in [-0.3, -0.25) is 10.1 Å². The van der Waals surface area contributed by atoms with Gasteiger partial charge in [-0.05, 0) is 26.0 Å². The van der Waals surface area contributed by atoms with Crippen LogP contribution >= 0.6 is 22.9 Å². The Bertz CT molecular complexity index is 721. The van der Waals surface area contributed by atoms with Crippen LogP contribution in [0.2, 0.25) is 5.02 Å². The van der Waals surface area contributed by atoms with Crippen LogP contribution in [0.3, 0.4) is 0 Å². The van der Waals surface area contributed by atoms with Crippen molar-refractivity contribution < 1.29 is 4.79 Å². The average molecular weight is 349 g/mol. The summed E-state index contributed by atoms with van der Waals surface area (Å²) in [6, 6.07) is 9.40. The Labute approximate surface area is 144 Å². The Morgan fingerprint density at radius 3 is 2.78 bits per heavy atom. The number of benzene rings is 1. The van der Waals surface area contributed by atoms with Gasteiger partial charge in [-0.15, -0.1) is 11.3 Å².